The molecule has 1 aromatic heterocycles. The maximum absolute atomic E-state index is 12.1. The lowest BCUT2D eigenvalue weighted by molar-refractivity contribution is -0.130. The zero-order valence-electron chi connectivity index (χ0n) is 14.3. The first kappa shape index (κ1) is 18.7. The summed E-state index contributed by atoms with van der Waals surface area (Å²) >= 11 is 0. The van der Waals surface area contributed by atoms with Crippen LogP contribution < -0.4 is 5.32 Å². The molecule has 126 valence electrons. The largest absolute Gasteiger partial charge is 0.448 e. The Morgan fingerprint density at radius 2 is 2.13 bits per heavy atom. The van der Waals surface area contributed by atoms with E-state index in [4.69, 9.17) is 4.74 Å². The van der Waals surface area contributed by atoms with Crippen LogP contribution in [0.4, 0.5) is 0 Å². The molecule has 7 heteroatoms. The lowest BCUT2D eigenvalue weighted by atomic mass is 9.90. The summed E-state index contributed by atoms with van der Waals surface area (Å²) in [5.74, 6) is -1.27. The third-order valence-corrected chi connectivity index (χ3v) is 3.78. The fraction of sp³-hybridized carbons (Fsp3) is 0.625. The quantitative estimate of drug-likeness (QED) is 0.747. The number of carbonyl (C=O) groups excluding carboxylic acids is 2. The van der Waals surface area contributed by atoms with E-state index in [2.05, 4.69) is 21.6 Å². The van der Waals surface area contributed by atoms with E-state index in [1.807, 2.05) is 20.8 Å². The number of aromatic amines is 1. The van der Waals surface area contributed by atoms with Crippen molar-refractivity contribution < 1.29 is 14.3 Å². The molecule has 2 atom stereocenters. The molecule has 1 rings (SSSR count). The van der Waals surface area contributed by atoms with Crippen molar-refractivity contribution in [1.29, 1.82) is 5.26 Å². The van der Waals surface area contributed by atoms with Crippen molar-refractivity contribution in [3.8, 4) is 6.07 Å². The Bertz CT molecular complexity index is 603. The number of nitrogens with one attached hydrogen (secondary N) is 2. The van der Waals surface area contributed by atoms with Crippen LogP contribution in [0.2, 0.25) is 0 Å². The van der Waals surface area contributed by atoms with Crippen molar-refractivity contribution in [2.24, 2.45) is 5.92 Å². The highest BCUT2D eigenvalue weighted by molar-refractivity contribution is 5.90. The molecular formula is C16H24N4O3. The minimum atomic E-state index is -1.02. The SMILES string of the molecule is CCCc1cc(C(=O)OC(C)C(=O)NC(C)(C#N)C(C)C)n[nH]1. The first-order valence-electron chi connectivity index (χ1n) is 7.72. The summed E-state index contributed by atoms with van der Waals surface area (Å²) in [5.41, 5.74) is -0.0355. The molecule has 0 aliphatic carbocycles. The standard InChI is InChI=1S/C16H24N4O3/c1-6-7-12-8-13(20-19-12)15(22)23-11(4)14(21)18-16(5,9-17)10(2)3/h8,10-11H,6-7H2,1-5H3,(H,18,21)(H,19,20). The number of hydrogen-bond acceptors (Lipinski definition) is 5. The maximum Gasteiger partial charge on any atom is 0.359 e. The van der Waals surface area contributed by atoms with Gasteiger partial charge < -0.3 is 10.1 Å². The minimum absolute atomic E-state index is 0.0812. The minimum Gasteiger partial charge on any atom is -0.448 e. The van der Waals surface area contributed by atoms with Crippen molar-refractivity contribution in [2.75, 3.05) is 0 Å². The second-order valence-corrected chi connectivity index (χ2v) is 6.03. The van der Waals surface area contributed by atoms with E-state index in [1.165, 1.54) is 6.92 Å². The average Bonchev–Trinajstić information content (AvgIpc) is 2.95. The molecule has 7 nitrogen and oxygen atoms in total. The van der Waals surface area contributed by atoms with Crippen LogP contribution in [0.25, 0.3) is 0 Å². The Morgan fingerprint density at radius 1 is 1.48 bits per heavy atom. The lowest BCUT2D eigenvalue weighted by Crippen LogP contribution is -2.52. The van der Waals surface area contributed by atoms with Crippen LogP contribution in [-0.4, -0.2) is 33.7 Å². The van der Waals surface area contributed by atoms with E-state index in [0.29, 0.717) is 0 Å². The number of aromatic nitrogens is 2. The van der Waals surface area contributed by atoms with Crippen molar-refractivity contribution in [2.45, 2.75) is 59.1 Å². The first-order valence-corrected chi connectivity index (χ1v) is 7.72. The Morgan fingerprint density at radius 3 is 2.65 bits per heavy atom. The highest BCUT2D eigenvalue weighted by Gasteiger charge is 2.32. The summed E-state index contributed by atoms with van der Waals surface area (Å²) in [6.07, 6.45) is 0.697. The molecule has 0 radical (unpaired) electrons. The third kappa shape index (κ3) is 4.81. The Hall–Kier alpha value is -2.36. The summed E-state index contributed by atoms with van der Waals surface area (Å²) < 4.78 is 5.12. The molecule has 0 bridgehead atoms. The van der Waals surface area contributed by atoms with E-state index in [-0.39, 0.29) is 11.6 Å². The van der Waals surface area contributed by atoms with Gasteiger partial charge in [0.15, 0.2) is 11.8 Å². The van der Waals surface area contributed by atoms with E-state index in [0.717, 1.165) is 18.5 Å². The second kappa shape index (κ2) is 7.77. The molecule has 2 N–H and O–H groups in total. The van der Waals surface area contributed by atoms with Gasteiger partial charge in [0.25, 0.3) is 5.91 Å². The highest BCUT2D eigenvalue weighted by Crippen LogP contribution is 2.15. The monoisotopic (exact) mass is 320 g/mol. The van der Waals surface area contributed by atoms with E-state index in [9.17, 15) is 14.9 Å². The van der Waals surface area contributed by atoms with Crippen LogP contribution in [0, 0.1) is 17.2 Å². The highest BCUT2D eigenvalue weighted by atomic mass is 16.5. The van der Waals surface area contributed by atoms with E-state index < -0.39 is 23.5 Å². The number of H-pyrrole nitrogens is 1. The predicted molar refractivity (Wildman–Crippen MR) is 84.5 cm³/mol. The number of esters is 1. The molecule has 23 heavy (non-hydrogen) atoms. The average molecular weight is 320 g/mol. The normalized spacial score (nSPS) is 14.7. The summed E-state index contributed by atoms with van der Waals surface area (Å²) in [7, 11) is 0. The summed E-state index contributed by atoms with van der Waals surface area (Å²) in [4.78, 5) is 24.1. The van der Waals surface area contributed by atoms with Crippen LogP contribution in [0.3, 0.4) is 0 Å². The zero-order chi connectivity index (χ0) is 17.6. The van der Waals surface area contributed by atoms with Gasteiger partial charge in [0, 0.05) is 5.69 Å². The Labute approximate surface area is 136 Å². The van der Waals surface area contributed by atoms with Gasteiger partial charge in [-0.3, -0.25) is 9.89 Å². The molecular weight excluding hydrogens is 296 g/mol. The van der Waals surface area contributed by atoms with Crippen molar-refractivity contribution in [3.05, 3.63) is 17.5 Å². The molecule has 0 saturated heterocycles. The van der Waals surface area contributed by atoms with Gasteiger partial charge in [0.05, 0.1) is 6.07 Å². The van der Waals surface area contributed by atoms with Crippen molar-refractivity contribution in [3.63, 3.8) is 0 Å². The fourth-order valence-corrected chi connectivity index (χ4v) is 1.80. The lowest BCUT2D eigenvalue weighted by Gasteiger charge is -2.28. The zero-order valence-corrected chi connectivity index (χ0v) is 14.3. The van der Waals surface area contributed by atoms with E-state index in [1.54, 1.807) is 13.0 Å². The first-order chi connectivity index (χ1) is 10.7. The van der Waals surface area contributed by atoms with Crippen LogP contribution in [0.5, 0.6) is 0 Å². The van der Waals surface area contributed by atoms with Gasteiger partial charge in [-0.05, 0) is 32.3 Å². The number of amides is 1. The number of nitrogens with zero attached hydrogens (tertiary/aromatic N) is 2. The van der Waals surface area contributed by atoms with Crippen LogP contribution in [0.1, 0.15) is 57.2 Å². The van der Waals surface area contributed by atoms with Crippen LogP contribution in [-0.2, 0) is 16.0 Å². The molecule has 1 aromatic rings. The number of hydrogen-bond donors (Lipinski definition) is 2. The van der Waals surface area contributed by atoms with Gasteiger partial charge in [-0.15, -0.1) is 0 Å². The van der Waals surface area contributed by atoms with Gasteiger partial charge in [0.1, 0.15) is 5.54 Å². The molecule has 0 aliphatic rings. The van der Waals surface area contributed by atoms with Gasteiger partial charge in [-0.2, -0.15) is 10.4 Å². The number of aryl methyl sites for hydroxylation is 1. The second-order valence-electron chi connectivity index (χ2n) is 6.03. The summed E-state index contributed by atoms with van der Waals surface area (Å²) in [6, 6.07) is 3.69. The fourth-order valence-electron chi connectivity index (χ4n) is 1.80. The van der Waals surface area contributed by atoms with Crippen LogP contribution in [0.15, 0.2) is 6.07 Å². The molecule has 0 spiro atoms. The van der Waals surface area contributed by atoms with Gasteiger partial charge in [0.2, 0.25) is 0 Å². The number of carbonyl (C=O) groups is 2. The molecule has 0 saturated carbocycles. The van der Waals surface area contributed by atoms with Crippen molar-refractivity contribution >= 4 is 11.9 Å². The molecule has 0 aliphatic heterocycles. The maximum atomic E-state index is 12.1. The molecule has 2 unspecified atom stereocenters. The van der Waals surface area contributed by atoms with Crippen LogP contribution >= 0.6 is 0 Å². The van der Waals surface area contributed by atoms with Gasteiger partial charge in [-0.1, -0.05) is 27.2 Å². The molecule has 0 fully saturated rings. The topological polar surface area (TPSA) is 108 Å². The predicted octanol–water partition coefficient (Wildman–Crippen LogP) is 1.96. The third-order valence-electron chi connectivity index (χ3n) is 3.78. The molecule has 1 amide bonds. The number of ether oxygens (including phenoxy) is 1. The summed E-state index contributed by atoms with van der Waals surface area (Å²) in [6.45, 7) is 8.78. The van der Waals surface area contributed by atoms with Crippen molar-refractivity contribution in [1.82, 2.24) is 15.5 Å². The number of nitriles is 1. The van der Waals surface area contributed by atoms with Gasteiger partial charge in [-0.25, -0.2) is 4.79 Å². The smallest absolute Gasteiger partial charge is 0.359 e. The Balaban J connectivity index is 2.67. The molecule has 0 aromatic carbocycles. The van der Waals surface area contributed by atoms with Gasteiger partial charge >= 0.3 is 5.97 Å². The summed E-state index contributed by atoms with van der Waals surface area (Å²) in [5, 5.41) is 18.5. The number of rotatable bonds is 7. The van der Waals surface area contributed by atoms with E-state index >= 15 is 0 Å². The Kier molecular flexibility index (Phi) is 6.31. The molecule has 1 heterocycles.